The van der Waals surface area contributed by atoms with E-state index >= 15 is 0 Å². The molecule has 1 fully saturated rings. The topological polar surface area (TPSA) is 121 Å². The molecule has 0 unspecified atom stereocenters. The summed E-state index contributed by atoms with van der Waals surface area (Å²) in [4.78, 5) is 8.51. The fourth-order valence-electron chi connectivity index (χ4n) is 2.83. The lowest BCUT2D eigenvalue weighted by Gasteiger charge is -2.11. The molecule has 1 saturated carbocycles. The number of aliphatic hydroxyl groups excluding tert-OH is 1. The molecule has 1 aromatic carbocycles. The van der Waals surface area contributed by atoms with Crippen LogP contribution in [0.4, 0.5) is 17.6 Å². The first-order valence-electron chi connectivity index (χ1n) is 9.48. The first kappa shape index (κ1) is 18.7. The molecule has 29 heavy (non-hydrogen) atoms. The third kappa shape index (κ3) is 4.98. The number of aromatic amines is 1. The van der Waals surface area contributed by atoms with Crippen LogP contribution in [0.5, 0.6) is 0 Å². The average molecular weight is 388 g/mol. The van der Waals surface area contributed by atoms with Gasteiger partial charge in [-0.1, -0.05) is 29.8 Å². The summed E-state index contributed by atoms with van der Waals surface area (Å²) in [7, 11) is 0. The average Bonchev–Trinajstić information content (AvgIpc) is 3.46. The van der Waals surface area contributed by atoms with Crippen LogP contribution in [0, 0.1) is 6.92 Å². The van der Waals surface area contributed by atoms with Gasteiger partial charge < -0.3 is 21.1 Å². The van der Waals surface area contributed by atoms with Crippen molar-refractivity contribution in [3.8, 4) is 0 Å². The molecule has 148 valence electrons. The van der Waals surface area contributed by atoms with Gasteiger partial charge in [0, 0.05) is 23.9 Å². The van der Waals surface area contributed by atoms with Crippen molar-refractivity contribution in [3.05, 3.63) is 76.7 Å². The smallest absolute Gasteiger partial charge is 0.224 e. The molecule has 8 heteroatoms. The van der Waals surface area contributed by atoms with Crippen LogP contribution in [0.15, 0.2) is 54.4 Å². The van der Waals surface area contributed by atoms with Crippen molar-refractivity contribution in [2.24, 2.45) is 0 Å². The minimum Gasteiger partial charge on any atom is -0.803 e. The van der Waals surface area contributed by atoms with Gasteiger partial charge in [-0.3, -0.25) is 5.10 Å². The van der Waals surface area contributed by atoms with Crippen LogP contribution >= 0.6 is 0 Å². The van der Waals surface area contributed by atoms with Crippen molar-refractivity contribution in [2.75, 3.05) is 17.2 Å². The Morgan fingerprint density at radius 3 is 2.79 bits per heavy atom. The van der Waals surface area contributed by atoms with E-state index in [1.54, 1.807) is 24.4 Å². The van der Waals surface area contributed by atoms with Crippen LogP contribution < -0.4 is 10.6 Å². The number of anilines is 3. The number of benzene rings is 1. The van der Waals surface area contributed by atoms with Gasteiger partial charge >= 0.3 is 0 Å². The first-order valence-corrected chi connectivity index (χ1v) is 9.48. The molecule has 4 N–H and O–H groups in total. The predicted molar refractivity (Wildman–Crippen MR) is 114 cm³/mol. The summed E-state index contributed by atoms with van der Waals surface area (Å²) >= 11 is 0. The molecule has 0 spiro atoms. The Bertz CT molecular complexity index is 1040. The highest BCUT2D eigenvalue weighted by atomic mass is 16.3. The Kier molecular flexibility index (Phi) is 5.24. The largest absolute Gasteiger partial charge is 0.803 e. The Hall–Kier alpha value is -3.68. The van der Waals surface area contributed by atoms with Crippen molar-refractivity contribution < 1.29 is 5.11 Å². The number of nitrogens with zero attached hydrogens (tertiary/aromatic N) is 4. The van der Waals surface area contributed by atoms with E-state index in [-0.39, 0.29) is 18.0 Å². The van der Waals surface area contributed by atoms with Gasteiger partial charge in [-0.05, 0) is 37.5 Å². The number of aliphatic hydroxyl groups is 1. The second kappa shape index (κ2) is 8.14. The number of H-pyrrole nitrogens is 1. The van der Waals surface area contributed by atoms with Crippen molar-refractivity contribution in [3.63, 3.8) is 0 Å². The molecule has 0 bridgehead atoms. The Labute approximate surface area is 168 Å². The summed E-state index contributed by atoms with van der Waals surface area (Å²) in [5.74, 6) is 2.21. The summed E-state index contributed by atoms with van der Waals surface area (Å²) in [6.07, 6.45) is 5.33. The van der Waals surface area contributed by atoms with Crippen LogP contribution in [-0.4, -0.2) is 37.5 Å². The molecule has 0 atom stereocenters. The van der Waals surface area contributed by atoms with Crippen LogP contribution in [0.3, 0.4) is 0 Å². The zero-order chi connectivity index (χ0) is 20.2. The standard InChI is InChI=1S/C21H22N7O/c1-13-2-4-14(5-3-13)17(22)10-16(29)12-24-21-23-9-8-19(26-21)25-20-11-18(27-28-20)15-6-7-15/h2-5,8-11,15,29H,6-7,12H2,1H3,(H3,23,24,25,26,27,28)/q-1/b16-10-. The van der Waals surface area contributed by atoms with Gasteiger partial charge in [0.1, 0.15) is 11.6 Å². The van der Waals surface area contributed by atoms with Gasteiger partial charge in [-0.15, -0.1) is 5.71 Å². The van der Waals surface area contributed by atoms with E-state index in [0.717, 1.165) is 11.3 Å². The molecule has 0 saturated heterocycles. The second-order valence-electron chi connectivity index (χ2n) is 7.11. The second-order valence-corrected chi connectivity index (χ2v) is 7.11. The fourth-order valence-corrected chi connectivity index (χ4v) is 2.83. The summed E-state index contributed by atoms with van der Waals surface area (Å²) in [5, 5.41) is 33.6. The fraction of sp³-hybridized carbons (Fsp3) is 0.238. The molecular weight excluding hydrogens is 366 g/mol. The molecule has 2 aromatic heterocycles. The van der Waals surface area contributed by atoms with E-state index < -0.39 is 0 Å². The number of nitrogens with one attached hydrogen (secondary N) is 3. The molecule has 0 radical (unpaired) electrons. The predicted octanol–water partition coefficient (Wildman–Crippen LogP) is 4.04. The summed E-state index contributed by atoms with van der Waals surface area (Å²) < 4.78 is 0. The Morgan fingerprint density at radius 1 is 1.24 bits per heavy atom. The minimum atomic E-state index is -0.0357. The SMILES string of the molecule is Cc1ccc(C(=[N-])/C=C(\O)CNc2nccc(Nc3cc(C4CC4)[nH]n3)n2)cc1. The lowest BCUT2D eigenvalue weighted by molar-refractivity contribution is 0.408. The van der Waals surface area contributed by atoms with Crippen LogP contribution in [-0.2, 0) is 0 Å². The van der Waals surface area contributed by atoms with Crippen LogP contribution in [0.2, 0.25) is 0 Å². The number of aryl methyl sites for hydroxylation is 1. The molecule has 4 rings (SSSR count). The van der Waals surface area contributed by atoms with Gasteiger partial charge in [-0.25, -0.2) is 4.98 Å². The van der Waals surface area contributed by atoms with Crippen molar-refractivity contribution in [1.82, 2.24) is 20.2 Å². The van der Waals surface area contributed by atoms with Crippen molar-refractivity contribution >= 4 is 23.3 Å². The van der Waals surface area contributed by atoms with Gasteiger partial charge in [-0.2, -0.15) is 10.1 Å². The van der Waals surface area contributed by atoms with E-state index in [1.807, 2.05) is 25.1 Å². The molecule has 3 aromatic rings. The van der Waals surface area contributed by atoms with E-state index in [9.17, 15) is 10.5 Å². The van der Waals surface area contributed by atoms with Crippen molar-refractivity contribution in [1.29, 1.82) is 0 Å². The van der Waals surface area contributed by atoms with Gasteiger partial charge in [0.2, 0.25) is 5.95 Å². The van der Waals surface area contributed by atoms with E-state index in [1.165, 1.54) is 18.9 Å². The third-order valence-electron chi connectivity index (χ3n) is 4.60. The molecule has 1 aliphatic carbocycles. The maximum atomic E-state index is 10.1. The summed E-state index contributed by atoms with van der Waals surface area (Å²) in [6, 6.07) is 11.1. The molecule has 0 aliphatic heterocycles. The van der Waals surface area contributed by atoms with Gasteiger partial charge in [0.15, 0.2) is 5.82 Å². The maximum absolute atomic E-state index is 10.1. The number of rotatable bonds is 8. The lowest BCUT2D eigenvalue weighted by atomic mass is 10.1. The quantitative estimate of drug-likeness (QED) is 0.341. The zero-order valence-electron chi connectivity index (χ0n) is 16.1. The van der Waals surface area contributed by atoms with Crippen LogP contribution in [0.1, 0.15) is 35.6 Å². The number of hydrogen-bond acceptors (Lipinski definition) is 6. The summed E-state index contributed by atoms with van der Waals surface area (Å²) in [5.41, 5.74) is 2.86. The highest BCUT2D eigenvalue weighted by molar-refractivity contribution is 6.11. The van der Waals surface area contributed by atoms with E-state index in [4.69, 9.17) is 0 Å². The Balaban J connectivity index is 1.34. The Morgan fingerprint density at radius 2 is 2.03 bits per heavy atom. The monoisotopic (exact) mass is 388 g/mol. The van der Waals surface area contributed by atoms with Crippen molar-refractivity contribution in [2.45, 2.75) is 25.7 Å². The van der Waals surface area contributed by atoms with E-state index in [0.29, 0.717) is 29.1 Å². The maximum Gasteiger partial charge on any atom is 0.224 e. The molecule has 0 amide bonds. The number of aromatic nitrogens is 4. The minimum absolute atomic E-state index is 0.00867. The van der Waals surface area contributed by atoms with E-state index in [2.05, 4.69) is 30.8 Å². The molecule has 2 heterocycles. The highest BCUT2D eigenvalue weighted by Crippen LogP contribution is 2.39. The summed E-state index contributed by atoms with van der Waals surface area (Å²) in [6.45, 7) is 2.05. The van der Waals surface area contributed by atoms with Crippen LogP contribution in [0.25, 0.3) is 5.41 Å². The number of hydrogen-bond donors (Lipinski definition) is 4. The molecule has 8 nitrogen and oxygen atoms in total. The molecular formula is C21H22N7O-. The normalized spacial score (nSPS) is 13.9. The number of allylic oxidation sites excluding steroid dienone is 1. The third-order valence-corrected chi connectivity index (χ3v) is 4.60. The lowest BCUT2D eigenvalue weighted by Crippen LogP contribution is -2.09. The van der Waals surface area contributed by atoms with Gasteiger partial charge in [0.05, 0.1) is 6.54 Å². The zero-order valence-corrected chi connectivity index (χ0v) is 16.1. The highest BCUT2D eigenvalue weighted by Gasteiger charge is 2.25. The molecule has 1 aliphatic rings. The first-order chi connectivity index (χ1) is 14.1. The van der Waals surface area contributed by atoms with Gasteiger partial charge in [0.25, 0.3) is 0 Å².